The molecule has 26 heavy (non-hydrogen) atoms. The Balaban J connectivity index is 1.88. The van der Waals surface area contributed by atoms with Gasteiger partial charge in [0.25, 0.3) is 5.91 Å². The summed E-state index contributed by atoms with van der Waals surface area (Å²) < 4.78 is 10.2. The first-order valence-corrected chi connectivity index (χ1v) is 7.87. The fourth-order valence-electron chi connectivity index (χ4n) is 2.64. The molecule has 2 aromatic rings. The van der Waals surface area contributed by atoms with E-state index in [4.69, 9.17) is 9.47 Å². The Kier molecular flexibility index (Phi) is 4.79. The van der Waals surface area contributed by atoms with E-state index < -0.39 is 11.9 Å². The lowest BCUT2D eigenvalue weighted by molar-refractivity contribution is -0.123. The minimum atomic E-state index is -0.484. The summed E-state index contributed by atoms with van der Waals surface area (Å²) in [5.41, 5.74) is 1.53. The Labute approximate surface area is 150 Å². The van der Waals surface area contributed by atoms with Crippen LogP contribution < -0.4 is 14.8 Å². The summed E-state index contributed by atoms with van der Waals surface area (Å²) in [5.74, 6) is -0.155. The molecule has 7 heteroatoms. The van der Waals surface area contributed by atoms with E-state index in [1.165, 1.54) is 20.3 Å². The number of amides is 3. The van der Waals surface area contributed by atoms with Crippen LogP contribution in [0.5, 0.6) is 17.2 Å². The number of aromatic hydroxyl groups is 1. The van der Waals surface area contributed by atoms with Gasteiger partial charge in [0, 0.05) is 0 Å². The molecule has 7 nitrogen and oxygen atoms in total. The highest BCUT2D eigenvalue weighted by molar-refractivity contribution is 6.13. The first kappa shape index (κ1) is 17.3. The molecular weight excluding hydrogens is 336 g/mol. The normalized spacial score (nSPS) is 15.3. The van der Waals surface area contributed by atoms with Crippen LogP contribution in [0.1, 0.15) is 11.1 Å². The fourth-order valence-corrected chi connectivity index (χ4v) is 2.64. The van der Waals surface area contributed by atoms with E-state index in [0.717, 1.165) is 10.5 Å². The van der Waals surface area contributed by atoms with E-state index in [0.29, 0.717) is 5.56 Å². The predicted octanol–water partition coefficient (Wildman–Crippen LogP) is 2.50. The zero-order valence-electron chi connectivity index (χ0n) is 14.4. The molecule has 0 atom stereocenters. The number of phenolic OH excluding ortho intramolecular Hbond substituents is 1. The summed E-state index contributed by atoms with van der Waals surface area (Å²) in [7, 11) is 2.82. The molecule has 2 N–H and O–H groups in total. The third-order valence-electron chi connectivity index (χ3n) is 3.96. The number of hydrogen-bond donors (Lipinski definition) is 2. The van der Waals surface area contributed by atoms with Crippen LogP contribution in [0.3, 0.4) is 0 Å². The number of rotatable bonds is 5. The quantitative estimate of drug-likeness (QED) is 0.636. The number of benzene rings is 2. The van der Waals surface area contributed by atoms with Crippen LogP contribution in [0.25, 0.3) is 6.08 Å². The van der Waals surface area contributed by atoms with Gasteiger partial charge < -0.3 is 19.9 Å². The zero-order valence-corrected chi connectivity index (χ0v) is 14.4. The lowest BCUT2D eigenvalue weighted by Gasteiger charge is -2.11. The average Bonchev–Trinajstić information content (AvgIpc) is 2.91. The fraction of sp³-hybridized carbons (Fsp3) is 0.158. The monoisotopic (exact) mass is 354 g/mol. The Hall–Kier alpha value is -3.48. The van der Waals surface area contributed by atoms with Crippen molar-refractivity contribution in [3.8, 4) is 17.2 Å². The van der Waals surface area contributed by atoms with Crippen molar-refractivity contribution in [2.75, 3.05) is 14.2 Å². The van der Waals surface area contributed by atoms with Gasteiger partial charge in [0.2, 0.25) is 5.75 Å². The number of methoxy groups -OCH3 is 2. The zero-order chi connectivity index (χ0) is 18.7. The highest BCUT2D eigenvalue weighted by Gasteiger charge is 2.33. The van der Waals surface area contributed by atoms with Crippen molar-refractivity contribution in [3.63, 3.8) is 0 Å². The molecule has 0 spiro atoms. The molecule has 1 heterocycles. The number of nitrogens with one attached hydrogen (secondary N) is 1. The van der Waals surface area contributed by atoms with Crippen LogP contribution in [0.4, 0.5) is 4.79 Å². The highest BCUT2D eigenvalue weighted by atomic mass is 16.5. The SMILES string of the molecule is COc1cc(/C=C2/NC(=O)N(Cc3ccccc3)C2=O)cc(OC)c1O. The van der Waals surface area contributed by atoms with Crippen molar-refractivity contribution in [2.45, 2.75) is 6.54 Å². The second-order valence-corrected chi connectivity index (χ2v) is 5.64. The smallest absolute Gasteiger partial charge is 0.329 e. The molecule has 0 bridgehead atoms. The molecule has 1 saturated heterocycles. The van der Waals surface area contributed by atoms with Crippen LogP contribution >= 0.6 is 0 Å². The molecule has 1 fully saturated rings. The maximum absolute atomic E-state index is 12.6. The number of urea groups is 1. The topological polar surface area (TPSA) is 88.1 Å². The maximum Gasteiger partial charge on any atom is 0.329 e. The third-order valence-corrected chi connectivity index (χ3v) is 3.96. The first-order chi connectivity index (χ1) is 12.5. The van der Waals surface area contributed by atoms with Crippen LogP contribution in [-0.2, 0) is 11.3 Å². The molecule has 0 unspecified atom stereocenters. The standard InChI is InChI=1S/C19H18N2O5/c1-25-15-9-13(10-16(26-2)17(15)22)8-14-18(23)21(19(24)20-14)11-12-6-4-3-5-7-12/h3-10,22H,11H2,1-2H3,(H,20,24)/b14-8+. The van der Waals surface area contributed by atoms with Crippen molar-refractivity contribution >= 4 is 18.0 Å². The van der Waals surface area contributed by atoms with Crippen molar-refractivity contribution in [1.29, 1.82) is 0 Å². The van der Waals surface area contributed by atoms with Gasteiger partial charge in [0.1, 0.15) is 5.70 Å². The number of nitrogens with zero attached hydrogens (tertiary/aromatic N) is 1. The third kappa shape index (κ3) is 3.32. The first-order valence-electron chi connectivity index (χ1n) is 7.87. The molecule has 0 saturated carbocycles. The molecule has 0 radical (unpaired) electrons. The van der Waals surface area contributed by atoms with Gasteiger partial charge >= 0.3 is 6.03 Å². The summed E-state index contributed by atoms with van der Waals surface area (Å²) in [6.45, 7) is 0.186. The van der Waals surface area contributed by atoms with Gasteiger partial charge in [-0.15, -0.1) is 0 Å². The van der Waals surface area contributed by atoms with Crippen LogP contribution in [0, 0.1) is 0 Å². The number of phenols is 1. The van der Waals surface area contributed by atoms with Gasteiger partial charge in [0.15, 0.2) is 11.5 Å². The Morgan fingerprint density at radius 3 is 2.27 bits per heavy atom. The lowest BCUT2D eigenvalue weighted by Crippen LogP contribution is -2.30. The van der Waals surface area contributed by atoms with Gasteiger partial charge in [-0.2, -0.15) is 0 Å². The lowest BCUT2D eigenvalue weighted by atomic mass is 10.1. The number of imide groups is 1. The van der Waals surface area contributed by atoms with Crippen LogP contribution in [0.2, 0.25) is 0 Å². The summed E-state index contributed by atoms with van der Waals surface area (Å²) in [5, 5.41) is 12.5. The van der Waals surface area contributed by atoms with Crippen molar-refractivity contribution in [2.24, 2.45) is 0 Å². The van der Waals surface area contributed by atoms with E-state index in [9.17, 15) is 14.7 Å². The Bertz CT molecular complexity index is 852. The average molecular weight is 354 g/mol. The molecule has 134 valence electrons. The largest absolute Gasteiger partial charge is 0.502 e. The minimum Gasteiger partial charge on any atom is -0.502 e. The number of ether oxygens (including phenoxy) is 2. The van der Waals surface area contributed by atoms with Gasteiger partial charge in [-0.25, -0.2) is 4.79 Å². The summed E-state index contributed by atoms with van der Waals surface area (Å²) in [6, 6.07) is 11.9. The molecule has 3 rings (SSSR count). The van der Waals surface area contributed by atoms with E-state index >= 15 is 0 Å². The van der Waals surface area contributed by atoms with Crippen molar-refractivity contribution in [1.82, 2.24) is 10.2 Å². The second kappa shape index (κ2) is 7.18. The van der Waals surface area contributed by atoms with Crippen LogP contribution in [0.15, 0.2) is 48.2 Å². The predicted molar refractivity (Wildman–Crippen MR) is 94.7 cm³/mol. The van der Waals surface area contributed by atoms with Gasteiger partial charge in [-0.05, 0) is 29.3 Å². The van der Waals surface area contributed by atoms with Crippen molar-refractivity contribution < 1.29 is 24.2 Å². The molecule has 1 aliphatic heterocycles. The van der Waals surface area contributed by atoms with E-state index in [2.05, 4.69) is 5.32 Å². The molecular formula is C19H18N2O5. The summed E-state index contributed by atoms with van der Waals surface area (Å²) in [4.78, 5) is 25.9. The summed E-state index contributed by atoms with van der Waals surface area (Å²) in [6.07, 6.45) is 1.51. The maximum atomic E-state index is 12.6. The number of hydrogen-bond acceptors (Lipinski definition) is 5. The van der Waals surface area contributed by atoms with Gasteiger partial charge in [-0.3, -0.25) is 9.69 Å². The van der Waals surface area contributed by atoms with E-state index in [1.807, 2.05) is 30.3 Å². The second-order valence-electron chi connectivity index (χ2n) is 5.64. The molecule has 1 aliphatic rings. The number of carbonyl (C=O) groups excluding carboxylic acids is 2. The highest BCUT2D eigenvalue weighted by Crippen LogP contribution is 2.37. The molecule has 0 aromatic heterocycles. The molecule has 2 aromatic carbocycles. The van der Waals surface area contributed by atoms with E-state index in [1.54, 1.807) is 12.1 Å². The number of carbonyl (C=O) groups is 2. The van der Waals surface area contributed by atoms with Gasteiger partial charge in [0.05, 0.1) is 20.8 Å². The van der Waals surface area contributed by atoms with Crippen molar-refractivity contribution in [3.05, 3.63) is 59.3 Å². The Morgan fingerprint density at radius 1 is 1.08 bits per heavy atom. The minimum absolute atomic E-state index is 0.135. The van der Waals surface area contributed by atoms with Gasteiger partial charge in [-0.1, -0.05) is 30.3 Å². The van der Waals surface area contributed by atoms with Crippen LogP contribution in [-0.4, -0.2) is 36.2 Å². The molecule has 3 amide bonds. The summed E-state index contributed by atoms with van der Waals surface area (Å²) >= 11 is 0. The molecule has 0 aliphatic carbocycles. The van der Waals surface area contributed by atoms with E-state index in [-0.39, 0.29) is 29.5 Å². The Morgan fingerprint density at radius 2 is 1.69 bits per heavy atom.